The fraction of sp³-hybridized carbons (Fsp3) is 0.407. The van der Waals surface area contributed by atoms with Gasteiger partial charge in [0.2, 0.25) is 17.8 Å². The van der Waals surface area contributed by atoms with Gasteiger partial charge >= 0.3 is 0 Å². The van der Waals surface area contributed by atoms with Crippen LogP contribution in [0.25, 0.3) is 0 Å². The van der Waals surface area contributed by atoms with Gasteiger partial charge in [-0.15, -0.1) is 0 Å². The summed E-state index contributed by atoms with van der Waals surface area (Å²) in [6.07, 6.45) is 0. The molecule has 11 heteroatoms. The van der Waals surface area contributed by atoms with E-state index in [0.717, 1.165) is 5.69 Å². The van der Waals surface area contributed by atoms with Gasteiger partial charge in [-0.25, -0.2) is 0 Å². The van der Waals surface area contributed by atoms with Gasteiger partial charge in [0.05, 0.1) is 39.1 Å². The van der Waals surface area contributed by atoms with Gasteiger partial charge in [0.25, 0.3) is 5.91 Å². The predicted molar refractivity (Wildman–Crippen MR) is 148 cm³/mol. The predicted octanol–water partition coefficient (Wildman–Crippen LogP) is 2.92. The Labute approximate surface area is 223 Å². The summed E-state index contributed by atoms with van der Waals surface area (Å²) in [5, 5.41) is 22.0. The molecule has 11 nitrogen and oxygen atoms in total. The highest BCUT2D eigenvalue weighted by atomic mass is 16.5. The number of nitrogens with one attached hydrogen (secondary N) is 4. The van der Waals surface area contributed by atoms with E-state index in [1.807, 2.05) is 62.4 Å². The second-order valence-corrected chi connectivity index (χ2v) is 8.75. The summed E-state index contributed by atoms with van der Waals surface area (Å²) in [5.74, 6) is 1.20. The van der Waals surface area contributed by atoms with E-state index in [1.165, 1.54) is 0 Å². The molecule has 1 aromatic heterocycles. The molecule has 0 radical (unpaired) electrons. The SMILES string of the molecule is CC(C)[C@@H](CO)Nc1nc(NCCOCCOCCNC(=O)c2ccccc2)nc(Nc2ccccc2)n1. The molecular formula is C27H37N7O4. The van der Waals surface area contributed by atoms with Crippen LogP contribution < -0.4 is 21.3 Å². The van der Waals surface area contributed by atoms with Crippen molar-refractivity contribution < 1.29 is 19.4 Å². The van der Waals surface area contributed by atoms with Crippen LogP contribution in [0.15, 0.2) is 60.7 Å². The van der Waals surface area contributed by atoms with E-state index in [9.17, 15) is 9.90 Å². The number of aliphatic hydroxyl groups excluding tert-OH is 1. The lowest BCUT2D eigenvalue weighted by molar-refractivity contribution is 0.0519. The largest absolute Gasteiger partial charge is 0.394 e. The molecule has 0 saturated carbocycles. The van der Waals surface area contributed by atoms with Gasteiger partial charge in [0.1, 0.15) is 0 Å². The van der Waals surface area contributed by atoms with Gasteiger partial charge in [-0.2, -0.15) is 15.0 Å². The van der Waals surface area contributed by atoms with Crippen LogP contribution in [0.1, 0.15) is 24.2 Å². The minimum atomic E-state index is -0.190. The number of anilines is 4. The van der Waals surface area contributed by atoms with Crippen molar-refractivity contribution in [2.75, 3.05) is 62.1 Å². The first-order valence-electron chi connectivity index (χ1n) is 12.7. The van der Waals surface area contributed by atoms with E-state index in [0.29, 0.717) is 62.9 Å². The van der Waals surface area contributed by atoms with E-state index >= 15 is 0 Å². The molecule has 38 heavy (non-hydrogen) atoms. The van der Waals surface area contributed by atoms with Gasteiger partial charge < -0.3 is 35.8 Å². The molecule has 0 fully saturated rings. The number of aromatic nitrogens is 3. The van der Waals surface area contributed by atoms with Gasteiger partial charge in [-0.1, -0.05) is 50.2 Å². The molecule has 3 rings (SSSR count). The van der Waals surface area contributed by atoms with Crippen molar-refractivity contribution >= 4 is 29.4 Å². The summed E-state index contributed by atoms with van der Waals surface area (Å²) in [4.78, 5) is 25.3. The molecule has 1 amide bonds. The summed E-state index contributed by atoms with van der Waals surface area (Å²) in [7, 11) is 0. The van der Waals surface area contributed by atoms with E-state index in [4.69, 9.17) is 9.47 Å². The Balaban J connectivity index is 1.38. The molecule has 1 heterocycles. The monoisotopic (exact) mass is 523 g/mol. The second kappa shape index (κ2) is 16.1. The average molecular weight is 524 g/mol. The van der Waals surface area contributed by atoms with Gasteiger partial charge in [0, 0.05) is 24.3 Å². The average Bonchev–Trinajstić information content (AvgIpc) is 2.93. The van der Waals surface area contributed by atoms with Crippen molar-refractivity contribution in [1.29, 1.82) is 0 Å². The maximum Gasteiger partial charge on any atom is 0.251 e. The van der Waals surface area contributed by atoms with Crippen LogP contribution in [0.4, 0.5) is 23.5 Å². The molecule has 3 aromatic rings. The molecule has 0 bridgehead atoms. The Morgan fingerprint density at radius 3 is 2.08 bits per heavy atom. The quantitative estimate of drug-likeness (QED) is 0.168. The third kappa shape index (κ3) is 10.3. The number of para-hydroxylation sites is 1. The highest BCUT2D eigenvalue weighted by Gasteiger charge is 2.15. The maximum absolute atomic E-state index is 12.0. The van der Waals surface area contributed by atoms with E-state index in [1.54, 1.807) is 12.1 Å². The highest BCUT2D eigenvalue weighted by molar-refractivity contribution is 5.94. The van der Waals surface area contributed by atoms with Gasteiger partial charge in [-0.3, -0.25) is 4.79 Å². The molecule has 204 valence electrons. The molecule has 0 aliphatic carbocycles. The third-order valence-corrected chi connectivity index (χ3v) is 5.45. The van der Waals surface area contributed by atoms with Gasteiger partial charge in [0.15, 0.2) is 0 Å². The summed E-state index contributed by atoms with van der Waals surface area (Å²) in [6, 6.07) is 18.5. The standard InChI is InChI=1S/C27H37N7O4/c1-20(2)23(19-35)31-27-33-25(32-26(34-27)30-22-11-7-4-8-12-22)29-14-16-38-18-17-37-15-13-28-24(36)21-9-5-3-6-10-21/h3-12,20,23,35H,13-19H2,1-2H3,(H,28,36)(H3,29,30,31,32,33,34)/t23-/m1/s1. The zero-order valence-electron chi connectivity index (χ0n) is 21.9. The number of aliphatic hydroxyl groups is 1. The molecule has 0 spiro atoms. The van der Waals surface area contributed by atoms with Crippen LogP contribution in [0.5, 0.6) is 0 Å². The molecule has 0 unspecified atom stereocenters. The number of ether oxygens (including phenoxy) is 2. The topological polar surface area (TPSA) is 143 Å². The molecule has 1 atom stereocenters. The zero-order valence-corrected chi connectivity index (χ0v) is 21.9. The summed E-state index contributed by atoms with van der Waals surface area (Å²) in [6.45, 7) is 6.57. The Morgan fingerprint density at radius 1 is 0.816 bits per heavy atom. The Morgan fingerprint density at radius 2 is 1.42 bits per heavy atom. The number of nitrogens with zero attached hydrogens (tertiary/aromatic N) is 3. The molecule has 2 aromatic carbocycles. The van der Waals surface area contributed by atoms with Crippen molar-refractivity contribution in [2.24, 2.45) is 5.92 Å². The summed E-state index contributed by atoms with van der Waals surface area (Å²) >= 11 is 0. The molecule has 0 saturated heterocycles. The maximum atomic E-state index is 12.0. The van der Waals surface area contributed by atoms with Crippen LogP contribution in [0.3, 0.4) is 0 Å². The number of hydrogen-bond acceptors (Lipinski definition) is 10. The van der Waals surface area contributed by atoms with Crippen LogP contribution in [0, 0.1) is 5.92 Å². The van der Waals surface area contributed by atoms with E-state index in [-0.39, 0.29) is 24.5 Å². The number of hydrogen-bond donors (Lipinski definition) is 5. The Kier molecular flexibility index (Phi) is 12.2. The van der Waals surface area contributed by atoms with Crippen molar-refractivity contribution in [3.63, 3.8) is 0 Å². The first-order valence-corrected chi connectivity index (χ1v) is 12.7. The molecule has 0 aliphatic rings. The summed E-state index contributed by atoms with van der Waals surface area (Å²) < 4.78 is 11.1. The fourth-order valence-electron chi connectivity index (χ4n) is 3.30. The molecular weight excluding hydrogens is 486 g/mol. The Hall–Kier alpha value is -3.80. The van der Waals surface area contributed by atoms with Crippen molar-refractivity contribution in [1.82, 2.24) is 20.3 Å². The lowest BCUT2D eigenvalue weighted by Gasteiger charge is -2.20. The minimum absolute atomic E-state index is 0.0388. The highest BCUT2D eigenvalue weighted by Crippen LogP contribution is 2.17. The number of amides is 1. The van der Waals surface area contributed by atoms with E-state index in [2.05, 4.69) is 36.2 Å². The van der Waals surface area contributed by atoms with Crippen LogP contribution >= 0.6 is 0 Å². The fourth-order valence-corrected chi connectivity index (χ4v) is 3.30. The van der Waals surface area contributed by atoms with Crippen molar-refractivity contribution in [2.45, 2.75) is 19.9 Å². The smallest absolute Gasteiger partial charge is 0.251 e. The first kappa shape index (κ1) is 28.8. The Bertz CT molecular complexity index is 1090. The third-order valence-electron chi connectivity index (χ3n) is 5.45. The van der Waals surface area contributed by atoms with Crippen LogP contribution in [-0.4, -0.2) is 78.1 Å². The number of carbonyl (C=O) groups is 1. The first-order chi connectivity index (χ1) is 18.5. The number of benzene rings is 2. The van der Waals surface area contributed by atoms with Crippen molar-refractivity contribution in [3.05, 3.63) is 66.2 Å². The molecule has 5 N–H and O–H groups in total. The van der Waals surface area contributed by atoms with Crippen LogP contribution in [-0.2, 0) is 9.47 Å². The summed E-state index contributed by atoms with van der Waals surface area (Å²) in [5.41, 5.74) is 1.47. The van der Waals surface area contributed by atoms with E-state index < -0.39 is 0 Å². The number of rotatable bonds is 17. The lowest BCUT2D eigenvalue weighted by Crippen LogP contribution is -2.30. The van der Waals surface area contributed by atoms with Crippen LogP contribution in [0.2, 0.25) is 0 Å². The van der Waals surface area contributed by atoms with Gasteiger partial charge in [-0.05, 0) is 30.2 Å². The molecule has 0 aliphatic heterocycles. The normalized spacial score (nSPS) is 11.7. The zero-order chi connectivity index (χ0) is 27.0. The lowest BCUT2D eigenvalue weighted by atomic mass is 10.1. The second-order valence-electron chi connectivity index (χ2n) is 8.75. The number of carbonyl (C=O) groups excluding carboxylic acids is 1. The van der Waals surface area contributed by atoms with Crippen molar-refractivity contribution in [3.8, 4) is 0 Å². The minimum Gasteiger partial charge on any atom is -0.394 e.